The van der Waals surface area contributed by atoms with Crippen molar-refractivity contribution in [3.8, 4) is 0 Å². The molecule has 1 aliphatic heterocycles. The van der Waals surface area contributed by atoms with Gasteiger partial charge in [0.1, 0.15) is 0 Å². The predicted molar refractivity (Wildman–Crippen MR) is 71.2 cm³/mol. The van der Waals surface area contributed by atoms with Crippen molar-refractivity contribution in [1.82, 2.24) is 4.98 Å². The lowest BCUT2D eigenvalue weighted by Crippen LogP contribution is -2.30. The Morgan fingerprint density at radius 3 is 2.88 bits per heavy atom. The summed E-state index contributed by atoms with van der Waals surface area (Å²) in [6, 6.07) is 8.65. The fourth-order valence-corrected chi connectivity index (χ4v) is 3.06. The molecular weight excluding hydrogens is 230 g/mol. The molecule has 0 saturated heterocycles. The van der Waals surface area contributed by atoms with Gasteiger partial charge in [-0.1, -0.05) is 24.3 Å². The third-order valence-electron chi connectivity index (χ3n) is 3.15. The zero-order valence-electron chi connectivity index (χ0n) is 9.60. The largest absolute Gasteiger partial charge is 0.343 e. The van der Waals surface area contributed by atoms with Gasteiger partial charge in [0.2, 0.25) is 0 Å². The van der Waals surface area contributed by atoms with E-state index in [9.17, 15) is 0 Å². The van der Waals surface area contributed by atoms with Crippen LogP contribution in [-0.2, 0) is 19.5 Å². The molecule has 0 amide bonds. The van der Waals surface area contributed by atoms with Crippen molar-refractivity contribution in [2.75, 3.05) is 11.4 Å². The smallest absolute Gasteiger partial charge is 0.185 e. The zero-order valence-corrected chi connectivity index (χ0v) is 10.4. The number of anilines is 1. The summed E-state index contributed by atoms with van der Waals surface area (Å²) in [6.45, 7) is 2.54. The van der Waals surface area contributed by atoms with E-state index >= 15 is 0 Å². The highest BCUT2D eigenvalue weighted by Gasteiger charge is 2.18. The van der Waals surface area contributed by atoms with Gasteiger partial charge in [0.15, 0.2) is 5.13 Å². The Morgan fingerprint density at radius 2 is 2.12 bits per heavy atom. The van der Waals surface area contributed by atoms with E-state index in [2.05, 4.69) is 39.5 Å². The van der Waals surface area contributed by atoms with Gasteiger partial charge >= 0.3 is 0 Å². The Kier molecular flexibility index (Phi) is 2.82. The Morgan fingerprint density at radius 1 is 1.29 bits per heavy atom. The summed E-state index contributed by atoms with van der Waals surface area (Å²) in [5.41, 5.74) is 9.48. The van der Waals surface area contributed by atoms with Crippen LogP contribution in [0.5, 0.6) is 0 Å². The monoisotopic (exact) mass is 245 g/mol. The molecule has 0 fully saturated rings. The Balaban J connectivity index is 1.84. The number of benzene rings is 1. The molecule has 1 aromatic carbocycles. The third-order valence-corrected chi connectivity index (χ3v) is 4.10. The summed E-state index contributed by atoms with van der Waals surface area (Å²) >= 11 is 1.69. The second kappa shape index (κ2) is 4.47. The molecule has 0 saturated carbocycles. The molecule has 17 heavy (non-hydrogen) atoms. The van der Waals surface area contributed by atoms with Gasteiger partial charge in [-0.2, -0.15) is 0 Å². The highest BCUT2D eigenvalue weighted by Crippen LogP contribution is 2.26. The topological polar surface area (TPSA) is 42.1 Å². The minimum Gasteiger partial charge on any atom is -0.343 e. The van der Waals surface area contributed by atoms with Crippen molar-refractivity contribution < 1.29 is 0 Å². The van der Waals surface area contributed by atoms with Crippen molar-refractivity contribution in [2.45, 2.75) is 19.5 Å². The standard InChI is InChI=1S/C13H15N3S/c14-7-12-9-17-13(15-12)16-6-5-10-3-1-2-4-11(10)8-16/h1-4,9H,5-8,14H2. The third kappa shape index (κ3) is 2.06. The van der Waals surface area contributed by atoms with E-state index in [4.69, 9.17) is 5.73 Å². The Labute approximate surface area is 105 Å². The van der Waals surface area contributed by atoms with Crippen molar-refractivity contribution in [1.29, 1.82) is 0 Å². The molecule has 3 rings (SSSR count). The number of hydrogen-bond acceptors (Lipinski definition) is 4. The number of rotatable bonds is 2. The molecular formula is C13H15N3S. The average molecular weight is 245 g/mol. The van der Waals surface area contributed by atoms with Crippen LogP contribution in [0, 0.1) is 0 Å². The minimum atomic E-state index is 0.529. The molecule has 1 aromatic heterocycles. The maximum Gasteiger partial charge on any atom is 0.185 e. The fourth-order valence-electron chi connectivity index (χ4n) is 2.19. The summed E-state index contributed by atoms with van der Waals surface area (Å²) in [4.78, 5) is 6.88. The highest BCUT2D eigenvalue weighted by molar-refractivity contribution is 7.13. The molecule has 2 aromatic rings. The first kappa shape index (κ1) is 10.7. The maximum atomic E-state index is 5.59. The van der Waals surface area contributed by atoms with E-state index in [1.165, 1.54) is 11.1 Å². The van der Waals surface area contributed by atoms with Gasteiger partial charge in [-0.25, -0.2) is 4.98 Å². The van der Waals surface area contributed by atoms with Crippen LogP contribution in [0.25, 0.3) is 0 Å². The minimum absolute atomic E-state index is 0.529. The van der Waals surface area contributed by atoms with E-state index in [1.54, 1.807) is 11.3 Å². The number of fused-ring (bicyclic) bond motifs is 1. The highest BCUT2D eigenvalue weighted by atomic mass is 32.1. The van der Waals surface area contributed by atoms with Gasteiger partial charge in [0, 0.05) is 25.0 Å². The van der Waals surface area contributed by atoms with E-state index in [1.807, 2.05) is 0 Å². The van der Waals surface area contributed by atoms with Gasteiger partial charge < -0.3 is 10.6 Å². The van der Waals surface area contributed by atoms with Crippen LogP contribution in [0.1, 0.15) is 16.8 Å². The summed E-state index contributed by atoms with van der Waals surface area (Å²) < 4.78 is 0. The summed E-state index contributed by atoms with van der Waals surface area (Å²) in [5.74, 6) is 0. The summed E-state index contributed by atoms with van der Waals surface area (Å²) in [7, 11) is 0. The first-order valence-corrected chi connectivity index (χ1v) is 6.71. The number of thiazole rings is 1. The first-order valence-electron chi connectivity index (χ1n) is 5.83. The van der Waals surface area contributed by atoms with Crippen molar-refractivity contribution in [3.63, 3.8) is 0 Å². The summed E-state index contributed by atoms with van der Waals surface area (Å²) in [6.07, 6.45) is 1.10. The molecule has 1 aliphatic rings. The van der Waals surface area contributed by atoms with Gasteiger partial charge in [0.05, 0.1) is 5.69 Å². The molecule has 2 N–H and O–H groups in total. The first-order chi connectivity index (χ1) is 8.36. The fraction of sp³-hybridized carbons (Fsp3) is 0.308. The lowest BCUT2D eigenvalue weighted by molar-refractivity contribution is 0.727. The van der Waals surface area contributed by atoms with E-state index in [0.717, 1.165) is 30.3 Å². The Bertz CT molecular complexity index is 521. The van der Waals surface area contributed by atoms with Gasteiger partial charge in [0.25, 0.3) is 0 Å². The van der Waals surface area contributed by atoms with Crippen LogP contribution in [0.4, 0.5) is 5.13 Å². The van der Waals surface area contributed by atoms with Gasteiger partial charge in [-0.05, 0) is 17.5 Å². The molecule has 0 aliphatic carbocycles. The molecule has 2 heterocycles. The van der Waals surface area contributed by atoms with E-state index in [0.29, 0.717) is 6.54 Å². The molecule has 4 heteroatoms. The molecule has 0 atom stereocenters. The predicted octanol–water partition coefficient (Wildman–Crippen LogP) is 2.16. The Hall–Kier alpha value is -1.39. The zero-order chi connectivity index (χ0) is 11.7. The van der Waals surface area contributed by atoms with Crippen LogP contribution < -0.4 is 10.6 Å². The average Bonchev–Trinajstić information content (AvgIpc) is 2.87. The van der Waals surface area contributed by atoms with Crippen LogP contribution >= 0.6 is 11.3 Å². The second-order valence-electron chi connectivity index (χ2n) is 4.27. The number of nitrogens with two attached hydrogens (primary N) is 1. The second-order valence-corrected chi connectivity index (χ2v) is 5.10. The molecule has 0 bridgehead atoms. The maximum absolute atomic E-state index is 5.59. The van der Waals surface area contributed by atoms with Crippen molar-refractivity contribution >= 4 is 16.5 Å². The van der Waals surface area contributed by atoms with Crippen molar-refractivity contribution in [2.24, 2.45) is 5.73 Å². The van der Waals surface area contributed by atoms with Crippen molar-refractivity contribution in [3.05, 3.63) is 46.5 Å². The molecule has 3 nitrogen and oxygen atoms in total. The molecule has 0 unspecified atom stereocenters. The number of hydrogen-bond donors (Lipinski definition) is 1. The van der Waals surface area contributed by atoms with Crippen LogP contribution in [0.3, 0.4) is 0 Å². The van der Waals surface area contributed by atoms with E-state index < -0.39 is 0 Å². The quantitative estimate of drug-likeness (QED) is 0.881. The van der Waals surface area contributed by atoms with Gasteiger partial charge in [-0.3, -0.25) is 0 Å². The van der Waals surface area contributed by atoms with Crippen LogP contribution in [-0.4, -0.2) is 11.5 Å². The lowest BCUT2D eigenvalue weighted by atomic mass is 10.0. The summed E-state index contributed by atoms with van der Waals surface area (Å²) in [5, 5.41) is 3.15. The number of nitrogens with zero attached hydrogens (tertiary/aromatic N) is 2. The molecule has 0 radical (unpaired) electrons. The molecule has 88 valence electrons. The number of aromatic nitrogens is 1. The van der Waals surface area contributed by atoms with Gasteiger partial charge in [-0.15, -0.1) is 11.3 Å². The molecule has 0 spiro atoms. The van der Waals surface area contributed by atoms with Crippen LogP contribution in [0.15, 0.2) is 29.6 Å². The lowest BCUT2D eigenvalue weighted by Gasteiger charge is -2.28. The van der Waals surface area contributed by atoms with E-state index in [-0.39, 0.29) is 0 Å². The SMILES string of the molecule is NCc1csc(N2CCc3ccccc3C2)n1. The van der Waals surface area contributed by atoms with Crippen LogP contribution in [0.2, 0.25) is 0 Å². The normalized spacial score (nSPS) is 14.8.